The van der Waals surface area contributed by atoms with Crippen LogP contribution in [0.4, 0.5) is 18.9 Å². The standard InChI is InChI=1S/C20H17ClF3N3O2/c1-12(13-2-8-17(9-3-13)29-20(22,23)24)26-19(25)14-10-18(28)27(11-14)16-6-4-15(21)5-7-16/h2-9,14H,1,10-11H2,(H2,25,26). The summed E-state index contributed by atoms with van der Waals surface area (Å²) >= 11 is 5.87. The maximum absolute atomic E-state index is 12.3. The third kappa shape index (κ3) is 5.29. The summed E-state index contributed by atoms with van der Waals surface area (Å²) in [5.74, 6) is -0.501. The Bertz CT molecular complexity index is 941. The molecule has 1 aliphatic rings. The second kappa shape index (κ2) is 8.16. The zero-order valence-electron chi connectivity index (χ0n) is 15.1. The molecule has 0 saturated carbocycles. The van der Waals surface area contributed by atoms with E-state index in [4.69, 9.17) is 17.3 Å². The molecule has 9 heteroatoms. The number of nitrogens with two attached hydrogens (primary N) is 1. The van der Waals surface area contributed by atoms with Crippen LogP contribution in [0.25, 0.3) is 5.70 Å². The molecule has 0 bridgehead atoms. The molecule has 0 spiro atoms. The number of alkyl halides is 3. The van der Waals surface area contributed by atoms with Crippen LogP contribution in [0.5, 0.6) is 5.75 Å². The van der Waals surface area contributed by atoms with Gasteiger partial charge in [0.15, 0.2) is 0 Å². The van der Waals surface area contributed by atoms with Crippen molar-refractivity contribution in [2.75, 3.05) is 11.4 Å². The molecule has 2 N–H and O–H groups in total. The Balaban J connectivity index is 1.68. The summed E-state index contributed by atoms with van der Waals surface area (Å²) in [6.07, 6.45) is -4.56. The number of hydrogen-bond acceptors (Lipinski definition) is 3. The normalized spacial score (nSPS) is 17.5. The van der Waals surface area contributed by atoms with Crippen LogP contribution < -0.4 is 15.4 Å². The van der Waals surface area contributed by atoms with Crippen LogP contribution in [-0.4, -0.2) is 24.6 Å². The second-order valence-corrected chi connectivity index (χ2v) is 6.87. The van der Waals surface area contributed by atoms with Crippen molar-refractivity contribution in [1.82, 2.24) is 0 Å². The first-order chi connectivity index (χ1) is 13.6. The van der Waals surface area contributed by atoms with Crippen molar-refractivity contribution in [2.45, 2.75) is 12.8 Å². The molecule has 2 aromatic rings. The molecule has 0 aliphatic carbocycles. The number of amides is 1. The Hall–Kier alpha value is -3.00. The summed E-state index contributed by atoms with van der Waals surface area (Å²) in [4.78, 5) is 18.2. The van der Waals surface area contributed by atoms with E-state index in [9.17, 15) is 18.0 Å². The quantitative estimate of drug-likeness (QED) is 0.563. The fourth-order valence-electron chi connectivity index (χ4n) is 2.94. The summed E-state index contributed by atoms with van der Waals surface area (Å²) in [6.45, 7) is 4.17. The van der Waals surface area contributed by atoms with Gasteiger partial charge in [-0.15, -0.1) is 13.2 Å². The molecule has 3 rings (SSSR count). The van der Waals surface area contributed by atoms with E-state index in [-0.39, 0.29) is 35.5 Å². The summed E-state index contributed by atoms with van der Waals surface area (Å²) in [5.41, 5.74) is 7.55. The van der Waals surface area contributed by atoms with Crippen molar-refractivity contribution in [3.63, 3.8) is 0 Å². The lowest BCUT2D eigenvalue weighted by Crippen LogP contribution is -2.28. The second-order valence-electron chi connectivity index (χ2n) is 6.44. The number of ether oxygens (including phenoxy) is 1. The summed E-state index contributed by atoms with van der Waals surface area (Å²) in [5, 5.41) is 0.570. The fraction of sp³-hybridized carbons (Fsp3) is 0.200. The first-order valence-electron chi connectivity index (χ1n) is 8.57. The Labute approximate surface area is 170 Å². The lowest BCUT2D eigenvalue weighted by Gasteiger charge is -2.17. The highest BCUT2D eigenvalue weighted by Gasteiger charge is 2.33. The minimum Gasteiger partial charge on any atom is -0.406 e. The van der Waals surface area contributed by atoms with E-state index >= 15 is 0 Å². The summed E-state index contributed by atoms with van der Waals surface area (Å²) in [7, 11) is 0. The van der Waals surface area contributed by atoms with E-state index < -0.39 is 6.36 Å². The minimum atomic E-state index is -4.76. The molecule has 152 valence electrons. The molecule has 5 nitrogen and oxygen atoms in total. The minimum absolute atomic E-state index is 0.0882. The van der Waals surface area contributed by atoms with Crippen LogP contribution in [0, 0.1) is 5.92 Å². The Kier molecular flexibility index (Phi) is 5.83. The smallest absolute Gasteiger partial charge is 0.406 e. The SMILES string of the molecule is C=C(N=C(N)C1CC(=O)N(c2ccc(Cl)cc2)C1)c1ccc(OC(F)(F)F)cc1. The van der Waals surface area contributed by atoms with Gasteiger partial charge in [-0.25, -0.2) is 4.99 Å². The van der Waals surface area contributed by atoms with Gasteiger partial charge in [0, 0.05) is 29.6 Å². The number of rotatable bonds is 5. The number of nitrogens with zero attached hydrogens (tertiary/aromatic N) is 2. The third-order valence-electron chi connectivity index (χ3n) is 4.37. The zero-order valence-corrected chi connectivity index (χ0v) is 15.9. The largest absolute Gasteiger partial charge is 0.573 e. The molecule has 1 unspecified atom stereocenters. The Morgan fingerprint density at radius 3 is 2.38 bits per heavy atom. The molecular weight excluding hydrogens is 407 g/mol. The topological polar surface area (TPSA) is 67.9 Å². The molecule has 1 heterocycles. The highest BCUT2D eigenvalue weighted by molar-refractivity contribution is 6.30. The molecule has 2 aromatic carbocycles. The van der Waals surface area contributed by atoms with Crippen LogP contribution in [0.2, 0.25) is 5.02 Å². The van der Waals surface area contributed by atoms with Crippen molar-refractivity contribution in [3.05, 3.63) is 65.7 Å². The lowest BCUT2D eigenvalue weighted by molar-refractivity contribution is -0.274. The van der Waals surface area contributed by atoms with Gasteiger partial charge in [0.05, 0.1) is 5.70 Å². The van der Waals surface area contributed by atoms with Gasteiger partial charge < -0.3 is 15.4 Å². The number of hydrogen-bond donors (Lipinski definition) is 1. The first-order valence-corrected chi connectivity index (χ1v) is 8.95. The average molecular weight is 424 g/mol. The maximum Gasteiger partial charge on any atom is 0.573 e. The fourth-order valence-corrected chi connectivity index (χ4v) is 3.06. The molecule has 1 aliphatic heterocycles. The van der Waals surface area contributed by atoms with Crippen LogP contribution in [0.15, 0.2) is 60.1 Å². The highest BCUT2D eigenvalue weighted by Crippen LogP contribution is 2.28. The van der Waals surface area contributed by atoms with E-state index in [0.717, 1.165) is 0 Å². The highest BCUT2D eigenvalue weighted by atomic mass is 35.5. The number of halogens is 4. The molecule has 0 radical (unpaired) electrons. The van der Waals surface area contributed by atoms with E-state index in [1.165, 1.54) is 24.3 Å². The summed E-state index contributed by atoms with van der Waals surface area (Å²) in [6, 6.07) is 12.0. The van der Waals surface area contributed by atoms with Gasteiger partial charge in [0.2, 0.25) is 5.91 Å². The Morgan fingerprint density at radius 2 is 1.79 bits per heavy atom. The van der Waals surface area contributed by atoms with Crippen LogP contribution in [0.1, 0.15) is 12.0 Å². The van der Waals surface area contributed by atoms with Crippen molar-refractivity contribution in [3.8, 4) is 5.75 Å². The van der Waals surface area contributed by atoms with Gasteiger partial charge in [-0.05, 0) is 54.1 Å². The molecule has 1 amide bonds. The van der Waals surface area contributed by atoms with Crippen molar-refractivity contribution in [1.29, 1.82) is 0 Å². The van der Waals surface area contributed by atoms with Crippen molar-refractivity contribution in [2.24, 2.45) is 16.6 Å². The van der Waals surface area contributed by atoms with E-state index in [1.807, 2.05) is 0 Å². The molecule has 1 saturated heterocycles. The van der Waals surface area contributed by atoms with E-state index in [2.05, 4.69) is 16.3 Å². The van der Waals surface area contributed by atoms with Gasteiger partial charge in [-0.3, -0.25) is 4.79 Å². The van der Waals surface area contributed by atoms with Gasteiger partial charge in [-0.1, -0.05) is 18.2 Å². The van der Waals surface area contributed by atoms with Gasteiger partial charge in [0.25, 0.3) is 0 Å². The van der Waals surface area contributed by atoms with Gasteiger partial charge >= 0.3 is 6.36 Å². The van der Waals surface area contributed by atoms with Gasteiger partial charge in [-0.2, -0.15) is 0 Å². The van der Waals surface area contributed by atoms with Crippen LogP contribution in [-0.2, 0) is 4.79 Å². The number of aliphatic imine (C=N–C) groups is 1. The molecular formula is C20H17ClF3N3O2. The van der Waals surface area contributed by atoms with Crippen molar-refractivity contribution < 1.29 is 22.7 Å². The van der Waals surface area contributed by atoms with Crippen LogP contribution in [0.3, 0.4) is 0 Å². The Morgan fingerprint density at radius 1 is 1.17 bits per heavy atom. The predicted octanol–water partition coefficient (Wildman–Crippen LogP) is 4.62. The number of anilines is 1. The summed E-state index contributed by atoms with van der Waals surface area (Å²) < 4.78 is 40.5. The number of benzene rings is 2. The zero-order chi connectivity index (χ0) is 21.2. The van der Waals surface area contributed by atoms with E-state index in [1.54, 1.807) is 29.2 Å². The molecule has 0 aromatic heterocycles. The maximum atomic E-state index is 12.3. The number of amidine groups is 1. The first kappa shape index (κ1) is 20.7. The number of carbonyl (C=O) groups is 1. The lowest BCUT2D eigenvalue weighted by atomic mass is 10.1. The van der Waals surface area contributed by atoms with Crippen molar-refractivity contribution >= 4 is 34.7 Å². The van der Waals surface area contributed by atoms with E-state index in [0.29, 0.717) is 22.8 Å². The monoisotopic (exact) mass is 423 g/mol. The van der Waals surface area contributed by atoms with Gasteiger partial charge in [0.1, 0.15) is 11.6 Å². The average Bonchev–Trinajstić information content (AvgIpc) is 3.03. The number of carbonyl (C=O) groups excluding carboxylic acids is 1. The molecule has 1 atom stereocenters. The predicted molar refractivity (Wildman–Crippen MR) is 106 cm³/mol. The molecule has 1 fully saturated rings. The van der Waals surface area contributed by atoms with Crippen LogP contribution >= 0.6 is 11.6 Å². The third-order valence-corrected chi connectivity index (χ3v) is 4.62. The molecule has 29 heavy (non-hydrogen) atoms.